The average Bonchev–Trinajstić information content (AvgIpc) is 2.66. The molecule has 2 saturated heterocycles. The Balaban J connectivity index is 1.96. The van der Waals surface area contributed by atoms with Crippen molar-refractivity contribution in [3.05, 3.63) is 0 Å². The van der Waals surface area contributed by atoms with Crippen LogP contribution in [0.1, 0.15) is 33.1 Å². The van der Waals surface area contributed by atoms with Crippen LogP contribution in [0.15, 0.2) is 0 Å². The van der Waals surface area contributed by atoms with Crippen LogP contribution in [0.5, 0.6) is 0 Å². The minimum Gasteiger partial charge on any atom is -0.429 e. The second-order valence-corrected chi connectivity index (χ2v) is 4.74. The lowest BCUT2D eigenvalue weighted by molar-refractivity contribution is -0.161. The van der Waals surface area contributed by atoms with Gasteiger partial charge in [-0.25, -0.2) is 0 Å². The molecule has 4 atom stereocenters. The van der Waals surface area contributed by atoms with E-state index >= 15 is 0 Å². The van der Waals surface area contributed by atoms with Gasteiger partial charge < -0.3 is 9.47 Å². The van der Waals surface area contributed by atoms with Crippen molar-refractivity contribution in [1.82, 2.24) is 0 Å². The predicted molar refractivity (Wildman–Crippen MR) is 44.8 cm³/mol. The number of ether oxygens (including phenoxy) is 2. The SMILES string of the molecule is C[C@@H]1CC[C@]23O[C@@]2(C1)OC(=O)[C@H]3C. The van der Waals surface area contributed by atoms with Gasteiger partial charge >= 0.3 is 5.97 Å². The molecule has 1 aliphatic carbocycles. The Morgan fingerprint density at radius 3 is 3.00 bits per heavy atom. The van der Waals surface area contributed by atoms with Crippen LogP contribution >= 0.6 is 0 Å². The van der Waals surface area contributed by atoms with E-state index in [0.717, 1.165) is 19.3 Å². The summed E-state index contributed by atoms with van der Waals surface area (Å²) in [7, 11) is 0. The van der Waals surface area contributed by atoms with Crippen molar-refractivity contribution in [2.75, 3.05) is 0 Å². The predicted octanol–water partition coefficient (Wildman–Crippen LogP) is 1.46. The van der Waals surface area contributed by atoms with Crippen molar-refractivity contribution in [2.45, 2.75) is 44.5 Å². The number of carbonyl (C=O) groups excluding carboxylic acids is 1. The second-order valence-electron chi connectivity index (χ2n) is 4.74. The zero-order valence-electron chi connectivity index (χ0n) is 8.00. The first kappa shape index (κ1) is 7.80. The maximum Gasteiger partial charge on any atom is 0.314 e. The molecule has 13 heavy (non-hydrogen) atoms. The van der Waals surface area contributed by atoms with Gasteiger partial charge in [0.15, 0.2) is 5.60 Å². The Labute approximate surface area is 77.4 Å². The Morgan fingerprint density at radius 2 is 2.23 bits per heavy atom. The van der Waals surface area contributed by atoms with Gasteiger partial charge in [-0.3, -0.25) is 4.79 Å². The molecule has 3 rings (SSSR count). The molecular weight excluding hydrogens is 168 g/mol. The van der Waals surface area contributed by atoms with Gasteiger partial charge in [0.25, 0.3) is 0 Å². The van der Waals surface area contributed by atoms with Crippen LogP contribution in [-0.4, -0.2) is 17.4 Å². The number of esters is 1. The number of hydrogen-bond donors (Lipinski definition) is 0. The molecule has 1 saturated carbocycles. The summed E-state index contributed by atoms with van der Waals surface area (Å²) < 4.78 is 11.0. The summed E-state index contributed by atoms with van der Waals surface area (Å²) in [6.45, 7) is 4.12. The molecule has 0 aromatic heterocycles. The van der Waals surface area contributed by atoms with E-state index in [1.807, 2.05) is 6.92 Å². The molecule has 0 spiro atoms. The molecule has 0 N–H and O–H groups in total. The summed E-state index contributed by atoms with van der Waals surface area (Å²) in [5.41, 5.74) is -0.226. The molecule has 0 bridgehead atoms. The highest BCUT2D eigenvalue weighted by Gasteiger charge is 2.82. The van der Waals surface area contributed by atoms with Crippen molar-refractivity contribution in [1.29, 1.82) is 0 Å². The van der Waals surface area contributed by atoms with E-state index in [2.05, 4.69) is 6.92 Å². The van der Waals surface area contributed by atoms with Gasteiger partial charge in [0.1, 0.15) is 0 Å². The van der Waals surface area contributed by atoms with Crippen LogP contribution in [0.2, 0.25) is 0 Å². The number of carbonyl (C=O) groups is 1. The maximum atomic E-state index is 11.4. The highest BCUT2D eigenvalue weighted by Crippen LogP contribution is 2.67. The van der Waals surface area contributed by atoms with Crippen LogP contribution in [0.4, 0.5) is 0 Å². The van der Waals surface area contributed by atoms with Gasteiger partial charge in [-0.05, 0) is 25.7 Å². The molecule has 0 radical (unpaired) electrons. The van der Waals surface area contributed by atoms with Crippen LogP contribution < -0.4 is 0 Å². The molecule has 2 aliphatic heterocycles. The van der Waals surface area contributed by atoms with Gasteiger partial charge in [0.05, 0.1) is 5.92 Å². The first-order valence-corrected chi connectivity index (χ1v) is 5.03. The molecule has 3 nitrogen and oxygen atoms in total. The second kappa shape index (κ2) is 1.92. The summed E-state index contributed by atoms with van der Waals surface area (Å²) in [5.74, 6) is -0.00433. The normalized spacial score (nSPS) is 58.2. The van der Waals surface area contributed by atoms with Crippen LogP contribution in [0.25, 0.3) is 0 Å². The Kier molecular flexibility index (Phi) is 1.15. The monoisotopic (exact) mass is 182 g/mol. The highest BCUT2D eigenvalue weighted by molar-refractivity contribution is 5.79. The Bertz CT molecular complexity index is 288. The van der Waals surface area contributed by atoms with Gasteiger partial charge in [-0.1, -0.05) is 6.92 Å². The molecule has 0 aromatic rings. The third-order valence-corrected chi connectivity index (χ3v) is 3.89. The van der Waals surface area contributed by atoms with Crippen molar-refractivity contribution in [2.24, 2.45) is 11.8 Å². The van der Waals surface area contributed by atoms with E-state index in [1.54, 1.807) is 0 Å². The third kappa shape index (κ3) is 0.688. The van der Waals surface area contributed by atoms with E-state index < -0.39 is 5.79 Å². The van der Waals surface area contributed by atoms with Crippen LogP contribution in [0.3, 0.4) is 0 Å². The first-order chi connectivity index (χ1) is 6.10. The number of rotatable bonds is 0. The average molecular weight is 182 g/mol. The largest absolute Gasteiger partial charge is 0.429 e. The Hall–Kier alpha value is -0.570. The molecule has 2 heterocycles. The summed E-state index contributed by atoms with van der Waals surface area (Å²) in [6.07, 6.45) is 3.03. The molecule has 0 aromatic carbocycles. The van der Waals surface area contributed by atoms with Crippen LogP contribution in [0, 0.1) is 11.8 Å². The number of epoxide rings is 1. The number of hydrogen-bond acceptors (Lipinski definition) is 3. The van der Waals surface area contributed by atoms with Gasteiger partial charge in [-0.15, -0.1) is 0 Å². The molecule has 0 unspecified atom stereocenters. The molecule has 3 fully saturated rings. The van der Waals surface area contributed by atoms with Crippen LogP contribution in [-0.2, 0) is 14.3 Å². The summed E-state index contributed by atoms with van der Waals surface area (Å²) in [4.78, 5) is 11.4. The lowest BCUT2D eigenvalue weighted by Gasteiger charge is -2.22. The fourth-order valence-electron chi connectivity index (χ4n) is 2.97. The van der Waals surface area contributed by atoms with E-state index in [0.29, 0.717) is 5.92 Å². The van der Waals surface area contributed by atoms with E-state index in [9.17, 15) is 4.79 Å². The molecular formula is C10H14O3. The minimum atomic E-state index is -0.499. The van der Waals surface area contributed by atoms with Crippen molar-refractivity contribution in [3.8, 4) is 0 Å². The molecule has 3 aliphatic rings. The quantitative estimate of drug-likeness (QED) is 0.420. The standard InChI is InChI=1S/C10H14O3/c1-6-3-4-9-7(2)8(11)12-10(9,5-6)13-9/h6-7H,3-5H2,1-2H3/t6-,7-,9-,10-/m1/s1. The maximum absolute atomic E-state index is 11.4. The minimum absolute atomic E-state index is 0.0556. The van der Waals surface area contributed by atoms with Gasteiger partial charge in [0.2, 0.25) is 5.79 Å². The van der Waals surface area contributed by atoms with E-state index in [-0.39, 0.29) is 17.5 Å². The van der Waals surface area contributed by atoms with E-state index in [1.165, 1.54) is 0 Å². The zero-order chi connectivity index (χ0) is 9.27. The fraction of sp³-hybridized carbons (Fsp3) is 0.900. The fourth-order valence-corrected chi connectivity index (χ4v) is 2.97. The topological polar surface area (TPSA) is 38.8 Å². The summed E-state index contributed by atoms with van der Waals surface area (Å²) in [6, 6.07) is 0. The molecule has 0 amide bonds. The van der Waals surface area contributed by atoms with E-state index in [4.69, 9.17) is 9.47 Å². The van der Waals surface area contributed by atoms with Crippen molar-refractivity contribution in [3.63, 3.8) is 0 Å². The Morgan fingerprint density at radius 1 is 1.46 bits per heavy atom. The lowest BCUT2D eigenvalue weighted by Crippen LogP contribution is -2.32. The van der Waals surface area contributed by atoms with Crippen molar-refractivity contribution < 1.29 is 14.3 Å². The van der Waals surface area contributed by atoms with Gasteiger partial charge in [-0.2, -0.15) is 0 Å². The zero-order valence-corrected chi connectivity index (χ0v) is 8.00. The smallest absolute Gasteiger partial charge is 0.314 e. The summed E-state index contributed by atoms with van der Waals surface area (Å²) >= 11 is 0. The third-order valence-electron chi connectivity index (χ3n) is 3.89. The molecule has 72 valence electrons. The highest BCUT2D eigenvalue weighted by atomic mass is 16.8. The summed E-state index contributed by atoms with van der Waals surface area (Å²) in [5, 5.41) is 0. The first-order valence-electron chi connectivity index (χ1n) is 5.03. The van der Waals surface area contributed by atoms with Crippen molar-refractivity contribution >= 4 is 5.97 Å². The van der Waals surface area contributed by atoms with Gasteiger partial charge in [0, 0.05) is 6.42 Å². The molecule has 3 heteroatoms. The lowest BCUT2D eigenvalue weighted by atomic mass is 9.77.